The number of aromatic nitrogens is 1. The molecule has 0 N–H and O–H groups in total. The van der Waals surface area contributed by atoms with E-state index in [1.807, 2.05) is 47.4 Å². The molecule has 1 aliphatic heterocycles. The third kappa shape index (κ3) is 4.80. The fourth-order valence-electron chi connectivity index (χ4n) is 4.13. The molecule has 1 fully saturated rings. The first kappa shape index (κ1) is 19.5. The van der Waals surface area contributed by atoms with E-state index < -0.39 is 0 Å². The first-order valence-electron chi connectivity index (χ1n) is 10.3. The van der Waals surface area contributed by atoms with E-state index in [-0.39, 0.29) is 24.2 Å². The van der Waals surface area contributed by atoms with Crippen LogP contribution in [0.25, 0.3) is 5.57 Å². The van der Waals surface area contributed by atoms with Crippen molar-refractivity contribution < 1.29 is 14.3 Å². The molecule has 5 heteroatoms. The monoisotopic (exact) mass is 390 g/mol. The first-order valence-corrected chi connectivity index (χ1v) is 10.3. The number of nitrogens with zero attached hydrogens (tertiary/aromatic N) is 2. The Morgan fingerprint density at radius 2 is 2.00 bits per heavy atom. The minimum Gasteiger partial charge on any atom is -0.372 e. The van der Waals surface area contributed by atoms with Gasteiger partial charge in [-0.15, -0.1) is 0 Å². The summed E-state index contributed by atoms with van der Waals surface area (Å²) in [6, 6.07) is 13.8. The molecular formula is C24H26N2O3. The van der Waals surface area contributed by atoms with Gasteiger partial charge in [0, 0.05) is 37.5 Å². The minimum atomic E-state index is 0.0229. The fourth-order valence-corrected chi connectivity index (χ4v) is 4.13. The van der Waals surface area contributed by atoms with E-state index in [1.165, 1.54) is 0 Å². The van der Waals surface area contributed by atoms with Crippen LogP contribution in [0.5, 0.6) is 0 Å². The lowest BCUT2D eigenvalue weighted by Gasteiger charge is -2.33. The van der Waals surface area contributed by atoms with E-state index in [4.69, 9.17) is 4.74 Å². The Kier molecular flexibility index (Phi) is 6.15. The molecule has 0 saturated carbocycles. The number of Topliss-reactive ketones (excluding diaryl/α,β-unsaturated/α-hetero) is 1. The number of ether oxygens (including phenoxy) is 1. The molecule has 1 atom stereocenters. The average molecular weight is 390 g/mol. The number of hydrogen-bond acceptors (Lipinski definition) is 4. The molecule has 5 nitrogen and oxygen atoms in total. The maximum atomic E-state index is 13.0. The molecule has 2 aromatic rings. The van der Waals surface area contributed by atoms with Crippen LogP contribution in [0.15, 0.2) is 60.4 Å². The molecular weight excluding hydrogens is 364 g/mol. The molecule has 1 aromatic carbocycles. The zero-order chi connectivity index (χ0) is 20.1. The average Bonchev–Trinajstić information content (AvgIpc) is 3.14. The van der Waals surface area contributed by atoms with Gasteiger partial charge in [0.15, 0.2) is 5.78 Å². The first-order chi connectivity index (χ1) is 14.2. The van der Waals surface area contributed by atoms with Crippen molar-refractivity contribution in [2.45, 2.75) is 44.8 Å². The highest BCUT2D eigenvalue weighted by molar-refractivity contribution is 6.10. The molecule has 29 heavy (non-hydrogen) atoms. The molecule has 1 amide bonds. The summed E-state index contributed by atoms with van der Waals surface area (Å²) in [5, 5.41) is 0. The largest absolute Gasteiger partial charge is 0.372 e. The van der Waals surface area contributed by atoms with Crippen LogP contribution in [0.3, 0.4) is 0 Å². The number of pyridine rings is 1. The molecule has 1 aromatic heterocycles. The van der Waals surface area contributed by atoms with Crippen molar-refractivity contribution in [2.24, 2.45) is 0 Å². The van der Waals surface area contributed by atoms with Crippen LogP contribution in [0.1, 0.15) is 43.2 Å². The summed E-state index contributed by atoms with van der Waals surface area (Å²) >= 11 is 0. The Balaban J connectivity index is 1.39. The number of carbonyl (C=O) groups is 2. The summed E-state index contributed by atoms with van der Waals surface area (Å²) in [4.78, 5) is 31.4. The van der Waals surface area contributed by atoms with E-state index in [2.05, 4.69) is 4.98 Å². The summed E-state index contributed by atoms with van der Waals surface area (Å²) < 4.78 is 6.02. The Labute approximate surface area is 171 Å². The maximum Gasteiger partial charge on any atom is 0.227 e. The smallest absolute Gasteiger partial charge is 0.227 e. The Hall–Kier alpha value is -2.79. The van der Waals surface area contributed by atoms with Crippen molar-refractivity contribution in [1.29, 1.82) is 0 Å². The highest BCUT2D eigenvalue weighted by atomic mass is 16.5. The third-order valence-corrected chi connectivity index (χ3v) is 5.69. The number of piperidine rings is 1. The van der Waals surface area contributed by atoms with Crippen LogP contribution < -0.4 is 0 Å². The summed E-state index contributed by atoms with van der Waals surface area (Å²) in [5.41, 5.74) is 3.81. The lowest BCUT2D eigenvalue weighted by Crippen LogP contribution is -2.43. The highest BCUT2D eigenvalue weighted by Gasteiger charge is 2.29. The lowest BCUT2D eigenvalue weighted by molar-refractivity contribution is -0.135. The van der Waals surface area contributed by atoms with Gasteiger partial charge in [0.2, 0.25) is 5.91 Å². The number of hydrogen-bond donors (Lipinski definition) is 0. The summed E-state index contributed by atoms with van der Waals surface area (Å²) in [7, 11) is 0. The molecule has 2 heterocycles. The molecule has 150 valence electrons. The minimum absolute atomic E-state index is 0.0229. The van der Waals surface area contributed by atoms with E-state index in [0.29, 0.717) is 25.1 Å². The van der Waals surface area contributed by atoms with Gasteiger partial charge in [-0.2, -0.15) is 0 Å². The molecule has 0 radical (unpaired) electrons. The number of benzene rings is 1. The number of allylic oxidation sites excluding steroid dienone is 1. The number of rotatable bonds is 6. The zero-order valence-corrected chi connectivity index (χ0v) is 16.5. The van der Waals surface area contributed by atoms with Gasteiger partial charge in [0.05, 0.1) is 19.1 Å². The zero-order valence-electron chi connectivity index (χ0n) is 16.5. The van der Waals surface area contributed by atoms with Gasteiger partial charge < -0.3 is 9.64 Å². The van der Waals surface area contributed by atoms with Crippen molar-refractivity contribution in [3.05, 3.63) is 71.6 Å². The predicted molar refractivity (Wildman–Crippen MR) is 111 cm³/mol. The lowest BCUT2D eigenvalue weighted by atomic mass is 9.99. The van der Waals surface area contributed by atoms with Gasteiger partial charge in [-0.05, 0) is 42.0 Å². The highest BCUT2D eigenvalue weighted by Crippen LogP contribution is 2.33. The van der Waals surface area contributed by atoms with Crippen LogP contribution >= 0.6 is 0 Å². The van der Waals surface area contributed by atoms with Crippen LogP contribution in [-0.4, -0.2) is 40.8 Å². The SMILES string of the molecule is O=C1CCC(c2ccccc2)=C1CC(=O)N1CCCC(OCc2cccnc2)C1. The second-order valence-electron chi connectivity index (χ2n) is 7.70. The summed E-state index contributed by atoms with van der Waals surface area (Å²) in [6.45, 7) is 1.82. The Morgan fingerprint density at radius 1 is 1.14 bits per heavy atom. The Bertz CT molecular complexity index is 893. The number of carbonyl (C=O) groups excluding carboxylic acids is 2. The predicted octanol–water partition coefficient (Wildman–Crippen LogP) is 3.80. The van der Waals surface area contributed by atoms with Gasteiger partial charge in [-0.1, -0.05) is 36.4 Å². The second kappa shape index (κ2) is 9.14. The molecule has 1 saturated heterocycles. The van der Waals surface area contributed by atoms with Crippen LogP contribution in [0.2, 0.25) is 0 Å². The van der Waals surface area contributed by atoms with E-state index in [9.17, 15) is 9.59 Å². The van der Waals surface area contributed by atoms with Gasteiger partial charge >= 0.3 is 0 Å². The van der Waals surface area contributed by atoms with Gasteiger partial charge in [-0.3, -0.25) is 14.6 Å². The summed E-state index contributed by atoms with van der Waals surface area (Å²) in [6.07, 6.45) is 6.85. The van der Waals surface area contributed by atoms with E-state index in [0.717, 1.165) is 42.5 Å². The van der Waals surface area contributed by atoms with Crippen LogP contribution in [0.4, 0.5) is 0 Å². The number of amides is 1. The van der Waals surface area contributed by atoms with Crippen LogP contribution in [0, 0.1) is 0 Å². The van der Waals surface area contributed by atoms with Gasteiger partial charge in [-0.25, -0.2) is 0 Å². The van der Waals surface area contributed by atoms with Gasteiger partial charge in [0.25, 0.3) is 0 Å². The normalized spacial score (nSPS) is 19.7. The fraction of sp³-hybridized carbons (Fsp3) is 0.375. The molecule has 1 aliphatic carbocycles. The molecule has 0 spiro atoms. The van der Waals surface area contributed by atoms with E-state index in [1.54, 1.807) is 12.4 Å². The maximum absolute atomic E-state index is 13.0. The quantitative estimate of drug-likeness (QED) is 0.753. The topological polar surface area (TPSA) is 59.5 Å². The van der Waals surface area contributed by atoms with E-state index >= 15 is 0 Å². The van der Waals surface area contributed by atoms with Crippen molar-refractivity contribution in [3.8, 4) is 0 Å². The number of likely N-dealkylation sites (tertiary alicyclic amines) is 1. The summed E-state index contributed by atoms with van der Waals surface area (Å²) in [5.74, 6) is 0.136. The molecule has 2 aliphatic rings. The van der Waals surface area contributed by atoms with Crippen molar-refractivity contribution >= 4 is 17.3 Å². The molecule has 1 unspecified atom stereocenters. The molecule has 0 bridgehead atoms. The second-order valence-corrected chi connectivity index (χ2v) is 7.70. The van der Waals surface area contributed by atoms with Crippen molar-refractivity contribution in [3.63, 3.8) is 0 Å². The molecule has 4 rings (SSSR count). The standard InChI is InChI=1S/C24H26N2O3/c27-23-11-10-21(19-7-2-1-3-8-19)22(23)14-24(28)26-13-5-9-20(16-26)29-17-18-6-4-12-25-15-18/h1-4,6-8,12,15,20H,5,9-11,13-14,16-17H2. The van der Waals surface area contributed by atoms with Crippen molar-refractivity contribution in [2.75, 3.05) is 13.1 Å². The Morgan fingerprint density at radius 3 is 2.79 bits per heavy atom. The number of ketones is 1. The van der Waals surface area contributed by atoms with Gasteiger partial charge in [0.1, 0.15) is 0 Å². The van der Waals surface area contributed by atoms with Crippen LogP contribution in [-0.2, 0) is 20.9 Å². The third-order valence-electron chi connectivity index (χ3n) is 5.69. The van der Waals surface area contributed by atoms with Crippen molar-refractivity contribution in [1.82, 2.24) is 9.88 Å².